The number of aliphatic hydroxyl groups is 1. The van der Waals surface area contributed by atoms with Crippen LogP contribution < -0.4 is 4.90 Å². The van der Waals surface area contributed by atoms with Gasteiger partial charge in [0.15, 0.2) is 0 Å². The van der Waals surface area contributed by atoms with Crippen molar-refractivity contribution in [1.82, 2.24) is 0 Å². The van der Waals surface area contributed by atoms with E-state index in [0.717, 1.165) is 11.3 Å². The van der Waals surface area contributed by atoms with E-state index in [2.05, 4.69) is 0 Å². The van der Waals surface area contributed by atoms with Gasteiger partial charge >= 0.3 is 6.09 Å². The molecule has 16 heavy (non-hydrogen) atoms. The Morgan fingerprint density at radius 3 is 2.62 bits per heavy atom. The highest BCUT2D eigenvalue weighted by molar-refractivity contribution is 6.17. The van der Waals surface area contributed by atoms with E-state index in [1.165, 1.54) is 4.90 Å². The topological polar surface area (TPSA) is 49.8 Å². The predicted octanol–water partition coefficient (Wildman–Crippen LogP) is 1.74. The van der Waals surface area contributed by atoms with Crippen LogP contribution in [0.3, 0.4) is 0 Å². The molecule has 5 heteroatoms. The lowest BCUT2D eigenvalue weighted by molar-refractivity contribution is 0.0963. The predicted molar refractivity (Wildman–Crippen MR) is 60.7 cm³/mol. The van der Waals surface area contributed by atoms with E-state index in [4.69, 9.17) is 21.4 Å². The van der Waals surface area contributed by atoms with Crippen LogP contribution in [0.15, 0.2) is 24.3 Å². The quantitative estimate of drug-likeness (QED) is 0.821. The first kappa shape index (κ1) is 11.2. The number of carbonyl (C=O) groups excluding carboxylic acids is 1. The number of benzene rings is 1. The molecule has 1 aromatic carbocycles. The molecule has 0 aromatic heterocycles. The molecule has 1 saturated heterocycles. The second-order valence-corrected chi connectivity index (χ2v) is 3.87. The summed E-state index contributed by atoms with van der Waals surface area (Å²) in [5.41, 5.74) is 1.76. The first-order valence-corrected chi connectivity index (χ1v) is 5.52. The van der Waals surface area contributed by atoms with Gasteiger partial charge in [0.1, 0.15) is 6.10 Å². The molecule has 1 aliphatic rings. The molecule has 1 aromatic rings. The maximum absolute atomic E-state index is 11.5. The van der Waals surface area contributed by atoms with E-state index in [9.17, 15) is 4.79 Å². The largest absolute Gasteiger partial charge is 0.441 e. The minimum atomic E-state index is -0.430. The highest BCUT2D eigenvalue weighted by atomic mass is 35.5. The molecule has 1 N–H and O–H groups in total. The molecule has 0 spiro atoms. The zero-order valence-corrected chi connectivity index (χ0v) is 9.35. The van der Waals surface area contributed by atoms with Crippen LogP contribution in [0.5, 0.6) is 0 Å². The van der Waals surface area contributed by atoms with E-state index >= 15 is 0 Å². The lowest BCUT2D eigenvalue weighted by atomic mass is 10.2. The van der Waals surface area contributed by atoms with Crippen molar-refractivity contribution in [2.75, 3.05) is 18.1 Å². The first-order valence-electron chi connectivity index (χ1n) is 4.98. The summed E-state index contributed by atoms with van der Waals surface area (Å²) < 4.78 is 4.95. The van der Waals surface area contributed by atoms with Gasteiger partial charge < -0.3 is 9.84 Å². The Morgan fingerprint density at radius 2 is 2.12 bits per heavy atom. The van der Waals surface area contributed by atoms with Crippen LogP contribution in [0.1, 0.15) is 5.56 Å². The average molecular weight is 242 g/mol. The molecule has 1 atom stereocenters. The fourth-order valence-corrected chi connectivity index (χ4v) is 1.77. The molecule has 0 radical (unpaired) electrons. The van der Waals surface area contributed by atoms with Crippen molar-refractivity contribution < 1.29 is 14.6 Å². The molecule has 4 nitrogen and oxygen atoms in total. The second-order valence-electron chi connectivity index (χ2n) is 3.60. The number of hydrogen-bond acceptors (Lipinski definition) is 3. The van der Waals surface area contributed by atoms with Crippen molar-refractivity contribution >= 4 is 23.4 Å². The lowest BCUT2D eigenvalue weighted by Gasteiger charge is -2.12. The third-order valence-electron chi connectivity index (χ3n) is 2.48. The second kappa shape index (κ2) is 4.72. The maximum Gasteiger partial charge on any atom is 0.414 e. The summed E-state index contributed by atoms with van der Waals surface area (Å²) in [5, 5.41) is 8.91. The van der Waals surface area contributed by atoms with Crippen molar-refractivity contribution in [2.24, 2.45) is 0 Å². The molecule has 0 bridgehead atoms. The molecular formula is C11H12ClNO3. The summed E-state index contributed by atoms with van der Waals surface area (Å²) in [6, 6.07) is 7.36. The van der Waals surface area contributed by atoms with Crippen molar-refractivity contribution in [3.63, 3.8) is 0 Å². The SMILES string of the molecule is O=C1OC(CO)CN1c1ccc(CCl)cc1. The fourth-order valence-electron chi connectivity index (χ4n) is 1.59. The molecule has 2 rings (SSSR count). The number of aliphatic hydroxyl groups excluding tert-OH is 1. The van der Waals surface area contributed by atoms with E-state index in [-0.39, 0.29) is 6.61 Å². The van der Waals surface area contributed by atoms with Crippen LogP contribution in [0.2, 0.25) is 0 Å². The Hall–Kier alpha value is -1.26. The summed E-state index contributed by atoms with van der Waals surface area (Å²) in [5.74, 6) is 0.448. The van der Waals surface area contributed by atoms with Gasteiger partial charge in [-0.3, -0.25) is 4.90 Å². The van der Waals surface area contributed by atoms with Gasteiger partial charge in [-0.15, -0.1) is 11.6 Å². The molecule has 0 saturated carbocycles. The number of anilines is 1. The Labute approximate surface area is 98.4 Å². The summed E-state index contributed by atoms with van der Waals surface area (Å²) in [6.07, 6.45) is -0.849. The normalized spacial score (nSPS) is 20.0. The molecule has 1 aliphatic heterocycles. The number of hydrogen-bond donors (Lipinski definition) is 1. The van der Waals surface area contributed by atoms with E-state index in [0.29, 0.717) is 12.4 Å². The van der Waals surface area contributed by atoms with Gasteiger partial charge in [0.2, 0.25) is 0 Å². The Kier molecular flexibility index (Phi) is 3.31. The van der Waals surface area contributed by atoms with Gasteiger partial charge in [0.05, 0.1) is 13.2 Å². The molecule has 0 aliphatic carbocycles. The molecule has 86 valence electrons. The van der Waals surface area contributed by atoms with E-state index in [1.54, 1.807) is 0 Å². The van der Waals surface area contributed by atoms with Crippen LogP contribution in [0.25, 0.3) is 0 Å². The number of nitrogens with zero attached hydrogens (tertiary/aromatic N) is 1. The fraction of sp³-hybridized carbons (Fsp3) is 0.364. The highest BCUT2D eigenvalue weighted by Crippen LogP contribution is 2.22. The summed E-state index contributed by atoms with van der Waals surface area (Å²) in [6.45, 7) is 0.234. The zero-order valence-electron chi connectivity index (χ0n) is 8.60. The monoisotopic (exact) mass is 241 g/mol. The Balaban J connectivity index is 2.15. The van der Waals surface area contributed by atoms with Gasteiger partial charge in [-0.05, 0) is 17.7 Å². The third kappa shape index (κ3) is 2.13. The van der Waals surface area contributed by atoms with E-state index in [1.807, 2.05) is 24.3 Å². The van der Waals surface area contributed by atoms with Crippen molar-refractivity contribution in [2.45, 2.75) is 12.0 Å². The van der Waals surface area contributed by atoms with Crippen molar-refractivity contribution in [3.05, 3.63) is 29.8 Å². The van der Waals surface area contributed by atoms with E-state index < -0.39 is 12.2 Å². The molecule has 1 fully saturated rings. The number of cyclic esters (lactones) is 1. The van der Waals surface area contributed by atoms with Gasteiger partial charge in [0, 0.05) is 11.6 Å². The van der Waals surface area contributed by atoms with Crippen LogP contribution in [-0.2, 0) is 10.6 Å². The Bertz CT molecular complexity index is 379. The van der Waals surface area contributed by atoms with Gasteiger partial charge in [0.25, 0.3) is 0 Å². The number of carbonyl (C=O) groups is 1. The number of alkyl halides is 1. The lowest BCUT2D eigenvalue weighted by Crippen LogP contribution is -2.25. The smallest absolute Gasteiger partial charge is 0.414 e. The van der Waals surface area contributed by atoms with Crippen molar-refractivity contribution in [1.29, 1.82) is 0 Å². The average Bonchev–Trinajstić information content (AvgIpc) is 2.71. The van der Waals surface area contributed by atoms with Crippen LogP contribution in [-0.4, -0.2) is 30.5 Å². The zero-order chi connectivity index (χ0) is 11.5. The third-order valence-corrected chi connectivity index (χ3v) is 2.79. The van der Waals surface area contributed by atoms with Gasteiger partial charge in [-0.2, -0.15) is 0 Å². The highest BCUT2D eigenvalue weighted by Gasteiger charge is 2.31. The van der Waals surface area contributed by atoms with Gasteiger partial charge in [-0.25, -0.2) is 4.79 Å². The van der Waals surface area contributed by atoms with Crippen molar-refractivity contribution in [3.8, 4) is 0 Å². The minimum absolute atomic E-state index is 0.151. The summed E-state index contributed by atoms with van der Waals surface area (Å²) in [4.78, 5) is 13.0. The maximum atomic E-state index is 11.5. The molecule has 1 amide bonds. The molecule has 1 heterocycles. The minimum Gasteiger partial charge on any atom is -0.441 e. The number of halogens is 1. The molecular weight excluding hydrogens is 230 g/mol. The van der Waals surface area contributed by atoms with Crippen LogP contribution >= 0.6 is 11.6 Å². The van der Waals surface area contributed by atoms with Gasteiger partial charge in [-0.1, -0.05) is 12.1 Å². The van der Waals surface area contributed by atoms with Crippen LogP contribution in [0, 0.1) is 0 Å². The Morgan fingerprint density at radius 1 is 1.44 bits per heavy atom. The summed E-state index contributed by atoms with van der Waals surface area (Å²) in [7, 11) is 0. The number of rotatable bonds is 3. The summed E-state index contributed by atoms with van der Waals surface area (Å²) >= 11 is 5.67. The first-order chi connectivity index (χ1) is 7.74. The standard InChI is InChI=1S/C11H12ClNO3/c12-5-8-1-3-9(4-2-8)13-6-10(7-14)16-11(13)15/h1-4,10,14H,5-7H2. The van der Waals surface area contributed by atoms with Crippen LogP contribution in [0.4, 0.5) is 10.5 Å². The molecule has 1 unspecified atom stereocenters. The number of ether oxygens (including phenoxy) is 1. The number of amides is 1.